The van der Waals surface area contributed by atoms with Crippen molar-refractivity contribution in [3.63, 3.8) is 0 Å². The van der Waals surface area contributed by atoms with Gasteiger partial charge in [-0.3, -0.25) is 9.48 Å². The molecule has 110 valence electrons. The first kappa shape index (κ1) is 13.6. The van der Waals surface area contributed by atoms with E-state index in [4.69, 9.17) is 10.00 Å². The molecule has 3 heterocycles. The zero-order chi connectivity index (χ0) is 15.3. The first-order valence-electron chi connectivity index (χ1n) is 6.19. The van der Waals surface area contributed by atoms with Crippen LogP contribution in [-0.4, -0.2) is 53.3 Å². The molecule has 10 nitrogen and oxygen atoms in total. The fraction of sp³-hybridized carbons (Fsp3) is 0.545. The van der Waals surface area contributed by atoms with Gasteiger partial charge in [-0.25, -0.2) is 0 Å². The summed E-state index contributed by atoms with van der Waals surface area (Å²) in [4.78, 5) is 12.4. The Morgan fingerprint density at radius 1 is 1.38 bits per heavy atom. The van der Waals surface area contributed by atoms with E-state index in [1.165, 1.54) is 11.7 Å². The Morgan fingerprint density at radius 3 is 2.67 bits per heavy atom. The number of ether oxygens (including phenoxy) is 1. The molecule has 0 saturated carbocycles. The van der Waals surface area contributed by atoms with Gasteiger partial charge in [-0.15, -0.1) is 5.10 Å². The van der Waals surface area contributed by atoms with Gasteiger partial charge in [-0.05, 0) is 6.92 Å². The van der Waals surface area contributed by atoms with Crippen molar-refractivity contribution in [1.29, 1.82) is 5.26 Å². The number of aromatic nitrogens is 5. The summed E-state index contributed by atoms with van der Waals surface area (Å²) in [5.74, 6) is 0. The van der Waals surface area contributed by atoms with Crippen LogP contribution in [0.3, 0.4) is 0 Å². The Labute approximate surface area is 117 Å². The van der Waals surface area contributed by atoms with Crippen molar-refractivity contribution < 1.29 is 14.9 Å². The number of nitrogens with zero attached hydrogens (tertiary/aromatic N) is 6. The summed E-state index contributed by atoms with van der Waals surface area (Å²) in [7, 11) is 1.50. The minimum absolute atomic E-state index is 0.00876. The lowest BCUT2D eigenvalue weighted by atomic mass is 10.1. The van der Waals surface area contributed by atoms with Gasteiger partial charge in [0.25, 0.3) is 5.56 Å². The number of aliphatic hydroxyl groups excluding tert-OH is 2. The molecule has 0 bridgehead atoms. The predicted molar refractivity (Wildman–Crippen MR) is 66.9 cm³/mol. The molecule has 4 atom stereocenters. The lowest BCUT2D eigenvalue weighted by Gasteiger charge is -2.15. The Morgan fingerprint density at radius 2 is 2.10 bits per heavy atom. The molecule has 0 radical (unpaired) electrons. The summed E-state index contributed by atoms with van der Waals surface area (Å²) < 4.78 is 7.41. The molecule has 4 unspecified atom stereocenters. The maximum atomic E-state index is 12.4. The van der Waals surface area contributed by atoms with Gasteiger partial charge in [-0.1, -0.05) is 5.21 Å². The Hall–Kier alpha value is -2.35. The number of hydrogen-bond acceptors (Lipinski definition) is 8. The second-order valence-corrected chi connectivity index (χ2v) is 4.83. The SMILES string of the molecule is CC1OC(n2nnc3c(C#N)nn(C)c3c2=O)C(O)C1O. The molecule has 3 rings (SSSR count). The van der Waals surface area contributed by atoms with Crippen molar-refractivity contribution in [2.45, 2.75) is 31.5 Å². The molecule has 2 aromatic heterocycles. The molecule has 10 heteroatoms. The van der Waals surface area contributed by atoms with Crippen molar-refractivity contribution in [2.24, 2.45) is 7.05 Å². The standard InChI is InChI=1S/C11H12N6O4/c1-4-8(18)9(19)11(21-4)17-10(20)7-6(13-15-17)5(3-12)14-16(7)2/h4,8-9,11,18-19H,1-2H3. The molecule has 0 aliphatic carbocycles. The van der Waals surface area contributed by atoms with Crippen molar-refractivity contribution in [1.82, 2.24) is 24.8 Å². The highest BCUT2D eigenvalue weighted by atomic mass is 16.6. The molecule has 1 fully saturated rings. The maximum absolute atomic E-state index is 12.4. The van der Waals surface area contributed by atoms with Crippen molar-refractivity contribution in [3.8, 4) is 6.07 Å². The van der Waals surface area contributed by atoms with Crippen LogP contribution in [0.5, 0.6) is 0 Å². The minimum Gasteiger partial charge on any atom is -0.388 e. The van der Waals surface area contributed by atoms with Gasteiger partial charge < -0.3 is 14.9 Å². The number of nitriles is 1. The zero-order valence-electron chi connectivity index (χ0n) is 11.2. The van der Waals surface area contributed by atoms with Gasteiger partial charge >= 0.3 is 0 Å². The third kappa shape index (κ3) is 1.83. The van der Waals surface area contributed by atoms with E-state index in [1.807, 2.05) is 6.07 Å². The largest absolute Gasteiger partial charge is 0.388 e. The maximum Gasteiger partial charge on any atom is 0.298 e. The molecule has 1 aliphatic heterocycles. The van der Waals surface area contributed by atoms with Crippen LogP contribution in [0.25, 0.3) is 11.0 Å². The summed E-state index contributed by atoms with van der Waals surface area (Å²) >= 11 is 0. The van der Waals surface area contributed by atoms with Gasteiger partial charge in [0.05, 0.1) is 6.10 Å². The normalized spacial score (nSPS) is 28.9. The molecule has 21 heavy (non-hydrogen) atoms. The molecular formula is C11H12N6O4. The van der Waals surface area contributed by atoms with Crippen LogP contribution in [0.2, 0.25) is 0 Å². The van der Waals surface area contributed by atoms with Gasteiger partial charge in [-0.2, -0.15) is 15.0 Å². The highest BCUT2D eigenvalue weighted by Crippen LogP contribution is 2.27. The molecule has 1 aliphatic rings. The second kappa shape index (κ2) is 4.59. The fourth-order valence-electron chi connectivity index (χ4n) is 2.36. The molecule has 0 spiro atoms. The van der Waals surface area contributed by atoms with Gasteiger partial charge in [0.1, 0.15) is 18.3 Å². The van der Waals surface area contributed by atoms with Crippen LogP contribution < -0.4 is 5.56 Å². The zero-order valence-corrected chi connectivity index (χ0v) is 11.2. The van der Waals surface area contributed by atoms with Crippen LogP contribution in [0.1, 0.15) is 18.8 Å². The van der Waals surface area contributed by atoms with E-state index in [2.05, 4.69) is 15.4 Å². The Kier molecular flexibility index (Phi) is 2.98. The van der Waals surface area contributed by atoms with E-state index in [0.717, 1.165) is 4.68 Å². The third-order valence-corrected chi connectivity index (χ3v) is 3.50. The van der Waals surface area contributed by atoms with E-state index in [9.17, 15) is 15.0 Å². The monoisotopic (exact) mass is 292 g/mol. The summed E-state index contributed by atoms with van der Waals surface area (Å²) in [5, 5.41) is 39.9. The third-order valence-electron chi connectivity index (χ3n) is 3.50. The highest BCUT2D eigenvalue weighted by molar-refractivity contribution is 5.78. The second-order valence-electron chi connectivity index (χ2n) is 4.83. The average molecular weight is 292 g/mol. The van der Waals surface area contributed by atoms with Crippen LogP contribution in [0.4, 0.5) is 0 Å². The summed E-state index contributed by atoms with van der Waals surface area (Å²) in [5.41, 5.74) is -0.457. The van der Waals surface area contributed by atoms with Gasteiger partial charge in [0.15, 0.2) is 23.0 Å². The van der Waals surface area contributed by atoms with Gasteiger partial charge in [0.2, 0.25) is 0 Å². The highest BCUT2D eigenvalue weighted by Gasteiger charge is 2.42. The molecule has 2 N–H and O–H groups in total. The van der Waals surface area contributed by atoms with E-state index < -0.39 is 30.1 Å². The smallest absolute Gasteiger partial charge is 0.298 e. The lowest BCUT2D eigenvalue weighted by Crippen LogP contribution is -2.36. The Balaban J connectivity index is 2.18. The quantitative estimate of drug-likeness (QED) is 0.617. The van der Waals surface area contributed by atoms with Gasteiger partial charge in [0, 0.05) is 7.05 Å². The summed E-state index contributed by atoms with van der Waals surface area (Å²) in [6.45, 7) is 1.57. The number of hydrogen-bond donors (Lipinski definition) is 2. The first-order chi connectivity index (χ1) is 9.95. The number of rotatable bonds is 1. The van der Waals surface area contributed by atoms with Crippen LogP contribution in [-0.2, 0) is 11.8 Å². The van der Waals surface area contributed by atoms with Crippen molar-refractivity contribution >= 4 is 11.0 Å². The van der Waals surface area contributed by atoms with Crippen LogP contribution in [0.15, 0.2) is 4.79 Å². The molecule has 0 aromatic carbocycles. The molecular weight excluding hydrogens is 280 g/mol. The topological polar surface area (TPSA) is 139 Å². The van der Waals surface area contributed by atoms with E-state index >= 15 is 0 Å². The summed E-state index contributed by atoms with van der Waals surface area (Å²) in [6.07, 6.45) is -4.20. The molecule has 2 aromatic rings. The Bertz CT molecular complexity index is 805. The van der Waals surface area contributed by atoms with E-state index in [1.54, 1.807) is 6.92 Å². The first-order valence-corrected chi connectivity index (χ1v) is 6.19. The molecule has 1 saturated heterocycles. The predicted octanol–water partition coefficient (Wildman–Crippen LogP) is -1.96. The van der Waals surface area contributed by atoms with Crippen LogP contribution in [0, 0.1) is 11.3 Å². The average Bonchev–Trinajstić information content (AvgIpc) is 2.92. The number of aliphatic hydroxyl groups is 2. The number of aryl methyl sites for hydroxylation is 1. The summed E-state index contributed by atoms with van der Waals surface area (Å²) in [6, 6.07) is 1.83. The lowest BCUT2D eigenvalue weighted by molar-refractivity contribution is -0.0439. The minimum atomic E-state index is -1.30. The van der Waals surface area contributed by atoms with Crippen molar-refractivity contribution in [3.05, 3.63) is 16.0 Å². The molecule has 0 amide bonds. The van der Waals surface area contributed by atoms with E-state index in [-0.39, 0.29) is 16.7 Å². The fourth-order valence-corrected chi connectivity index (χ4v) is 2.36. The van der Waals surface area contributed by atoms with Crippen LogP contribution >= 0.6 is 0 Å². The van der Waals surface area contributed by atoms with E-state index in [0.29, 0.717) is 0 Å². The number of fused-ring (bicyclic) bond motifs is 1. The van der Waals surface area contributed by atoms with Crippen molar-refractivity contribution in [2.75, 3.05) is 0 Å².